The van der Waals surface area contributed by atoms with Gasteiger partial charge in [0.15, 0.2) is 5.17 Å². The molecule has 0 aromatic heterocycles. The molecule has 1 fully saturated rings. The van der Waals surface area contributed by atoms with Crippen LogP contribution in [-0.4, -0.2) is 42.0 Å². The molecule has 0 unspecified atom stereocenters. The van der Waals surface area contributed by atoms with Gasteiger partial charge in [0.05, 0.1) is 5.69 Å². The van der Waals surface area contributed by atoms with E-state index in [0.29, 0.717) is 31.0 Å². The van der Waals surface area contributed by atoms with Gasteiger partial charge in [0.1, 0.15) is 16.9 Å². The molecule has 2 amide bonds. The van der Waals surface area contributed by atoms with Crippen LogP contribution in [-0.2, 0) is 14.3 Å². The standard InChI is InChI=1S/C16H19F2N3O3S/c1-2-24-7-3-6-19-16-21-15(23)13(25-16)9-14(22)20-12-5-4-10(17)8-11(12)18/h4-5,8,13H,2-3,6-7,9H2,1H3,(H,20,22)(H,19,21,23)/t13-/m0/s1. The van der Waals surface area contributed by atoms with Gasteiger partial charge in [-0.15, -0.1) is 0 Å². The zero-order valence-electron chi connectivity index (χ0n) is 13.7. The van der Waals surface area contributed by atoms with Crippen molar-refractivity contribution in [2.45, 2.75) is 25.0 Å². The number of hydrogen-bond acceptors (Lipinski definition) is 5. The van der Waals surface area contributed by atoms with Crippen LogP contribution < -0.4 is 10.6 Å². The number of carbonyl (C=O) groups excluding carboxylic acids is 2. The summed E-state index contributed by atoms with van der Waals surface area (Å²) in [5.74, 6) is -2.45. The number of benzene rings is 1. The molecule has 0 radical (unpaired) electrons. The number of amides is 2. The number of carbonyl (C=O) groups is 2. The van der Waals surface area contributed by atoms with Gasteiger partial charge in [-0.1, -0.05) is 11.8 Å². The highest BCUT2D eigenvalue weighted by Crippen LogP contribution is 2.23. The van der Waals surface area contributed by atoms with E-state index in [4.69, 9.17) is 4.74 Å². The van der Waals surface area contributed by atoms with Crippen LogP contribution in [0.2, 0.25) is 0 Å². The minimum Gasteiger partial charge on any atom is -0.382 e. The lowest BCUT2D eigenvalue weighted by molar-refractivity contribution is -0.122. The number of thioether (sulfide) groups is 1. The highest BCUT2D eigenvalue weighted by atomic mass is 32.2. The highest BCUT2D eigenvalue weighted by Gasteiger charge is 2.32. The van der Waals surface area contributed by atoms with Crippen LogP contribution in [0.1, 0.15) is 19.8 Å². The zero-order valence-corrected chi connectivity index (χ0v) is 14.5. The van der Waals surface area contributed by atoms with Crippen LogP contribution in [0.4, 0.5) is 14.5 Å². The highest BCUT2D eigenvalue weighted by molar-refractivity contribution is 8.15. The summed E-state index contributed by atoms with van der Waals surface area (Å²) in [4.78, 5) is 28.1. The molecule has 0 saturated carbocycles. The van der Waals surface area contributed by atoms with E-state index in [1.807, 2.05) is 6.92 Å². The van der Waals surface area contributed by atoms with Gasteiger partial charge in [-0.05, 0) is 25.5 Å². The van der Waals surface area contributed by atoms with Gasteiger partial charge in [0, 0.05) is 32.2 Å². The number of hydrogen-bond donors (Lipinski definition) is 2. The molecule has 1 aliphatic heterocycles. The Labute approximate surface area is 148 Å². The Balaban J connectivity index is 1.82. The Hall–Kier alpha value is -2.00. The van der Waals surface area contributed by atoms with Crippen molar-refractivity contribution in [3.8, 4) is 0 Å². The average molecular weight is 371 g/mol. The fourth-order valence-electron chi connectivity index (χ4n) is 2.07. The predicted octanol–water partition coefficient (Wildman–Crippen LogP) is 2.31. The number of rotatable bonds is 8. The van der Waals surface area contributed by atoms with Crippen molar-refractivity contribution in [3.05, 3.63) is 29.8 Å². The van der Waals surface area contributed by atoms with Crippen molar-refractivity contribution in [2.24, 2.45) is 4.99 Å². The lowest BCUT2D eigenvalue weighted by atomic mass is 10.2. The second-order valence-electron chi connectivity index (χ2n) is 5.21. The van der Waals surface area contributed by atoms with E-state index in [2.05, 4.69) is 15.6 Å². The summed E-state index contributed by atoms with van der Waals surface area (Å²) in [5, 5.41) is 4.78. The summed E-state index contributed by atoms with van der Waals surface area (Å²) >= 11 is 1.16. The summed E-state index contributed by atoms with van der Waals surface area (Å²) in [6.45, 7) is 3.67. The lowest BCUT2D eigenvalue weighted by Crippen LogP contribution is -2.28. The summed E-state index contributed by atoms with van der Waals surface area (Å²) < 4.78 is 31.6. The maximum absolute atomic E-state index is 13.5. The fraction of sp³-hybridized carbons (Fsp3) is 0.438. The molecule has 0 aliphatic carbocycles. The van der Waals surface area contributed by atoms with Gasteiger partial charge in [-0.25, -0.2) is 8.78 Å². The van der Waals surface area contributed by atoms with Gasteiger partial charge in [0.2, 0.25) is 11.8 Å². The molecular formula is C16H19F2N3O3S. The second-order valence-corrected chi connectivity index (χ2v) is 6.40. The summed E-state index contributed by atoms with van der Waals surface area (Å²) in [6.07, 6.45) is 0.605. The number of nitrogens with zero attached hydrogens (tertiary/aromatic N) is 1. The maximum atomic E-state index is 13.5. The monoisotopic (exact) mass is 371 g/mol. The van der Waals surface area contributed by atoms with Crippen LogP contribution >= 0.6 is 11.8 Å². The first-order valence-electron chi connectivity index (χ1n) is 7.84. The fourth-order valence-corrected chi connectivity index (χ4v) is 3.06. The second kappa shape index (κ2) is 9.47. The molecular weight excluding hydrogens is 352 g/mol. The van der Waals surface area contributed by atoms with Crippen molar-refractivity contribution < 1.29 is 23.1 Å². The van der Waals surface area contributed by atoms with Gasteiger partial charge in [0.25, 0.3) is 0 Å². The van der Waals surface area contributed by atoms with Gasteiger partial charge in [-0.3, -0.25) is 14.6 Å². The quantitative estimate of drug-likeness (QED) is 0.688. The minimum absolute atomic E-state index is 0.125. The summed E-state index contributed by atoms with van der Waals surface area (Å²) in [5.41, 5.74) is -0.125. The topological polar surface area (TPSA) is 79.8 Å². The molecule has 1 atom stereocenters. The average Bonchev–Trinajstić information content (AvgIpc) is 2.90. The first-order valence-corrected chi connectivity index (χ1v) is 8.72. The molecule has 2 rings (SSSR count). The number of ether oxygens (including phenoxy) is 1. The third-order valence-corrected chi connectivity index (χ3v) is 4.38. The lowest BCUT2D eigenvalue weighted by Gasteiger charge is -2.08. The smallest absolute Gasteiger partial charge is 0.240 e. The van der Waals surface area contributed by atoms with Crippen molar-refractivity contribution in [1.82, 2.24) is 5.32 Å². The van der Waals surface area contributed by atoms with Gasteiger partial charge < -0.3 is 15.4 Å². The van der Waals surface area contributed by atoms with E-state index in [-0.39, 0.29) is 18.0 Å². The molecule has 6 nitrogen and oxygen atoms in total. The maximum Gasteiger partial charge on any atom is 0.240 e. The Morgan fingerprint density at radius 2 is 2.24 bits per heavy atom. The van der Waals surface area contributed by atoms with Gasteiger partial charge >= 0.3 is 0 Å². The third-order valence-electron chi connectivity index (χ3n) is 3.26. The molecule has 136 valence electrons. The number of anilines is 1. The van der Waals surface area contributed by atoms with E-state index < -0.39 is 22.8 Å². The SMILES string of the molecule is CCOCCCN=C1NC(=O)[C@H](CC(=O)Nc2ccc(F)cc2F)S1. The van der Waals surface area contributed by atoms with Crippen LogP contribution in [0, 0.1) is 11.6 Å². The van der Waals surface area contributed by atoms with E-state index >= 15 is 0 Å². The number of halogens is 2. The molecule has 1 saturated heterocycles. The van der Waals surface area contributed by atoms with Crippen molar-refractivity contribution in [1.29, 1.82) is 0 Å². The molecule has 9 heteroatoms. The largest absolute Gasteiger partial charge is 0.382 e. The van der Waals surface area contributed by atoms with Crippen LogP contribution in [0.25, 0.3) is 0 Å². The normalized spacial score (nSPS) is 18.4. The number of nitrogens with one attached hydrogen (secondary N) is 2. The molecule has 1 heterocycles. The Morgan fingerprint density at radius 3 is 2.96 bits per heavy atom. The summed E-state index contributed by atoms with van der Waals surface area (Å²) in [6, 6.07) is 2.86. The molecule has 25 heavy (non-hydrogen) atoms. The van der Waals surface area contributed by atoms with E-state index in [1.54, 1.807) is 0 Å². The minimum atomic E-state index is -0.867. The zero-order chi connectivity index (χ0) is 18.2. The van der Waals surface area contributed by atoms with E-state index in [0.717, 1.165) is 30.3 Å². The van der Waals surface area contributed by atoms with Crippen molar-refractivity contribution >= 4 is 34.4 Å². The Kier molecular flexibility index (Phi) is 7.32. The van der Waals surface area contributed by atoms with Gasteiger partial charge in [-0.2, -0.15) is 0 Å². The van der Waals surface area contributed by atoms with E-state index in [9.17, 15) is 18.4 Å². The summed E-state index contributed by atoms with van der Waals surface area (Å²) in [7, 11) is 0. The predicted molar refractivity (Wildman–Crippen MR) is 92.5 cm³/mol. The molecule has 0 bridgehead atoms. The molecule has 1 aromatic carbocycles. The first-order chi connectivity index (χ1) is 12.0. The van der Waals surface area contributed by atoms with Crippen molar-refractivity contribution in [2.75, 3.05) is 25.1 Å². The number of aliphatic imine (C=N–C) groups is 1. The van der Waals surface area contributed by atoms with Crippen LogP contribution in [0.15, 0.2) is 23.2 Å². The first kappa shape index (κ1) is 19.3. The Morgan fingerprint density at radius 1 is 1.44 bits per heavy atom. The van der Waals surface area contributed by atoms with Crippen LogP contribution in [0.3, 0.4) is 0 Å². The molecule has 1 aromatic rings. The molecule has 0 spiro atoms. The number of amidine groups is 1. The molecule has 2 N–H and O–H groups in total. The van der Waals surface area contributed by atoms with Crippen LogP contribution in [0.5, 0.6) is 0 Å². The Bertz CT molecular complexity index is 670. The van der Waals surface area contributed by atoms with E-state index in [1.165, 1.54) is 0 Å². The third kappa shape index (κ3) is 6.09. The van der Waals surface area contributed by atoms with Crippen molar-refractivity contribution in [3.63, 3.8) is 0 Å². The molecule has 1 aliphatic rings.